The van der Waals surface area contributed by atoms with E-state index in [9.17, 15) is 14.0 Å². The second kappa shape index (κ2) is 5.86. The van der Waals surface area contributed by atoms with Crippen LogP contribution in [0.1, 0.15) is 18.4 Å². The van der Waals surface area contributed by atoms with Crippen LogP contribution in [0.4, 0.5) is 10.1 Å². The fourth-order valence-corrected chi connectivity index (χ4v) is 2.34. The molecular weight excluding hydrogens is 261 g/mol. The first-order valence-electron chi connectivity index (χ1n) is 6.44. The molecule has 2 N–H and O–H groups in total. The first-order chi connectivity index (χ1) is 9.49. The lowest BCUT2D eigenvalue weighted by atomic mass is 9.82. The van der Waals surface area contributed by atoms with Crippen molar-refractivity contribution < 1.29 is 19.1 Å². The summed E-state index contributed by atoms with van der Waals surface area (Å²) >= 11 is 0. The lowest BCUT2D eigenvalue weighted by molar-refractivity contribution is -0.146. The smallest absolute Gasteiger partial charge is 0.307 e. The van der Waals surface area contributed by atoms with Gasteiger partial charge in [0, 0.05) is 0 Å². The molecule has 5 heteroatoms. The summed E-state index contributed by atoms with van der Waals surface area (Å²) in [5.41, 5.74) is 0.911. The number of carbonyl (C=O) groups is 2. The second-order valence-corrected chi connectivity index (χ2v) is 4.97. The first-order valence-corrected chi connectivity index (χ1v) is 6.44. The molecule has 1 aliphatic rings. The summed E-state index contributed by atoms with van der Waals surface area (Å²) in [6.45, 7) is 1.79. The average Bonchev–Trinajstić information content (AvgIpc) is 2.42. The maximum Gasteiger partial charge on any atom is 0.307 e. The van der Waals surface area contributed by atoms with Crippen LogP contribution in [0.5, 0.6) is 0 Å². The van der Waals surface area contributed by atoms with Crippen LogP contribution < -0.4 is 5.32 Å². The van der Waals surface area contributed by atoms with Gasteiger partial charge in [-0.3, -0.25) is 9.59 Å². The molecule has 4 nitrogen and oxygen atoms in total. The van der Waals surface area contributed by atoms with Gasteiger partial charge in [0.2, 0.25) is 5.91 Å². The first kappa shape index (κ1) is 14.2. The number of rotatable bonds is 3. The SMILES string of the molecule is Cc1ccc(F)c(NC(=O)C2CC=CCC2C(=O)O)c1. The van der Waals surface area contributed by atoms with Gasteiger partial charge >= 0.3 is 5.97 Å². The van der Waals surface area contributed by atoms with E-state index in [1.807, 2.05) is 0 Å². The van der Waals surface area contributed by atoms with Crippen LogP contribution in [0.25, 0.3) is 0 Å². The van der Waals surface area contributed by atoms with Crippen molar-refractivity contribution in [2.24, 2.45) is 11.8 Å². The third-order valence-electron chi connectivity index (χ3n) is 3.47. The van der Waals surface area contributed by atoms with Gasteiger partial charge < -0.3 is 10.4 Å². The number of hydrogen-bond acceptors (Lipinski definition) is 2. The van der Waals surface area contributed by atoms with E-state index < -0.39 is 29.5 Å². The summed E-state index contributed by atoms with van der Waals surface area (Å²) in [7, 11) is 0. The van der Waals surface area contributed by atoms with E-state index in [1.165, 1.54) is 12.1 Å². The number of carboxylic acids is 1. The molecule has 1 aromatic carbocycles. The molecule has 1 aliphatic carbocycles. The molecule has 0 spiro atoms. The van der Waals surface area contributed by atoms with Gasteiger partial charge in [0.15, 0.2) is 0 Å². The highest BCUT2D eigenvalue weighted by atomic mass is 19.1. The van der Waals surface area contributed by atoms with Crippen molar-refractivity contribution in [2.75, 3.05) is 5.32 Å². The quantitative estimate of drug-likeness (QED) is 0.835. The van der Waals surface area contributed by atoms with Crippen molar-refractivity contribution in [3.05, 3.63) is 41.7 Å². The van der Waals surface area contributed by atoms with Gasteiger partial charge in [0.1, 0.15) is 5.82 Å². The number of nitrogens with one attached hydrogen (secondary N) is 1. The highest BCUT2D eigenvalue weighted by molar-refractivity contribution is 5.95. The van der Waals surface area contributed by atoms with Crippen molar-refractivity contribution in [1.82, 2.24) is 0 Å². The molecule has 0 aliphatic heterocycles. The van der Waals surface area contributed by atoms with Gasteiger partial charge in [0.05, 0.1) is 17.5 Å². The molecule has 0 bridgehead atoms. The molecule has 0 fully saturated rings. The van der Waals surface area contributed by atoms with E-state index >= 15 is 0 Å². The summed E-state index contributed by atoms with van der Waals surface area (Å²) in [6, 6.07) is 4.41. The van der Waals surface area contributed by atoms with Crippen molar-refractivity contribution >= 4 is 17.6 Å². The van der Waals surface area contributed by atoms with Crippen LogP contribution >= 0.6 is 0 Å². The molecule has 1 amide bonds. The Morgan fingerprint density at radius 1 is 1.25 bits per heavy atom. The number of aliphatic carboxylic acids is 1. The van der Waals surface area contributed by atoms with Crippen molar-refractivity contribution in [1.29, 1.82) is 0 Å². The van der Waals surface area contributed by atoms with Crippen molar-refractivity contribution in [2.45, 2.75) is 19.8 Å². The topological polar surface area (TPSA) is 66.4 Å². The molecule has 2 atom stereocenters. The lowest BCUT2D eigenvalue weighted by Gasteiger charge is -2.24. The molecule has 2 unspecified atom stereocenters. The molecule has 1 aromatic rings. The fourth-order valence-electron chi connectivity index (χ4n) is 2.34. The van der Waals surface area contributed by atoms with E-state index in [4.69, 9.17) is 5.11 Å². The Hall–Kier alpha value is -2.17. The Bertz CT molecular complexity index is 568. The van der Waals surface area contributed by atoms with Gasteiger partial charge in [0.25, 0.3) is 0 Å². The molecule has 2 rings (SSSR count). The minimum absolute atomic E-state index is 0.0914. The fraction of sp³-hybridized carbons (Fsp3) is 0.333. The predicted octanol–water partition coefficient (Wildman–Crippen LogP) is 2.74. The van der Waals surface area contributed by atoms with Gasteiger partial charge in [-0.15, -0.1) is 0 Å². The Morgan fingerprint density at radius 3 is 2.55 bits per heavy atom. The van der Waals surface area contributed by atoms with Crippen LogP contribution in [0, 0.1) is 24.6 Å². The third-order valence-corrected chi connectivity index (χ3v) is 3.47. The van der Waals surface area contributed by atoms with E-state index in [0.29, 0.717) is 12.8 Å². The van der Waals surface area contributed by atoms with Crippen LogP contribution in [0.2, 0.25) is 0 Å². The standard InChI is InChI=1S/C15H16FNO3/c1-9-6-7-12(16)13(8-9)17-14(18)10-4-2-3-5-11(10)15(19)20/h2-3,6-8,10-11H,4-5H2,1H3,(H,17,18)(H,19,20). The summed E-state index contributed by atoms with van der Waals surface area (Å²) in [5.74, 6) is -3.40. The molecule has 20 heavy (non-hydrogen) atoms. The minimum Gasteiger partial charge on any atom is -0.481 e. The number of amides is 1. The summed E-state index contributed by atoms with van der Waals surface area (Å²) in [6.07, 6.45) is 4.23. The van der Waals surface area contributed by atoms with Crippen LogP contribution in [-0.4, -0.2) is 17.0 Å². The maximum atomic E-state index is 13.6. The van der Waals surface area contributed by atoms with Gasteiger partial charge in [-0.25, -0.2) is 4.39 Å². The molecule has 0 saturated carbocycles. The van der Waals surface area contributed by atoms with E-state index in [0.717, 1.165) is 5.56 Å². The summed E-state index contributed by atoms with van der Waals surface area (Å²) in [5, 5.41) is 11.6. The zero-order valence-electron chi connectivity index (χ0n) is 11.1. The molecule has 106 valence electrons. The normalized spacial score (nSPS) is 21.5. The number of hydrogen-bond donors (Lipinski definition) is 2. The number of allylic oxidation sites excluding steroid dienone is 2. The van der Waals surface area contributed by atoms with E-state index in [1.54, 1.807) is 25.1 Å². The summed E-state index contributed by atoms with van der Waals surface area (Å²) in [4.78, 5) is 23.3. The zero-order chi connectivity index (χ0) is 14.7. The highest BCUT2D eigenvalue weighted by Crippen LogP contribution is 2.27. The molecule has 0 heterocycles. The monoisotopic (exact) mass is 277 g/mol. The number of anilines is 1. The Kier molecular flexibility index (Phi) is 4.17. The lowest BCUT2D eigenvalue weighted by Crippen LogP contribution is -2.34. The number of carboxylic acid groups (broad SMARTS) is 1. The number of aryl methyl sites for hydroxylation is 1. The Balaban J connectivity index is 2.16. The Morgan fingerprint density at radius 2 is 1.90 bits per heavy atom. The molecule has 0 radical (unpaired) electrons. The highest BCUT2D eigenvalue weighted by Gasteiger charge is 2.34. The average molecular weight is 277 g/mol. The molecule has 0 aromatic heterocycles. The molecular formula is C15H16FNO3. The van der Waals surface area contributed by atoms with E-state index in [2.05, 4.69) is 5.32 Å². The van der Waals surface area contributed by atoms with E-state index in [-0.39, 0.29) is 5.69 Å². The van der Waals surface area contributed by atoms with Crippen molar-refractivity contribution in [3.63, 3.8) is 0 Å². The summed E-state index contributed by atoms with van der Waals surface area (Å²) < 4.78 is 13.6. The predicted molar refractivity (Wildman–Crippen MR) is 72.8 cm³/mol. The maximum absolute atomic E-state index is 13.6. The molecule has 0 saturated heterocycles. The van der Waals surface area contributed by atoms with Gasteiger partial charge in [-0.1, -0.05) is 18.2 Å². The van der Waals surface area contributed by atoms with Gasteiger partial charge in [-0.2, -0.15) is 0 Å². The number of carbonyl (C=O) groups excluding carboxylic acids is 1. The number of halogens is 1. The third kappa shape index (κ3) is 3.04. The number of benzene rings is 1. The van der Waals surface area contributed by atoms with Gasteiger partial charge in [-0.05, 0) is 37.5 Å². The van der Waals surface area contributed by atoms with Crippen LogP contribution in [-0.2, 0) is 9.59 Å². The largest absolute Gasteiger partial charge is 0.481 e. The van der Waals surface area contributed by atoms with Crippen molar-refractivity contribution in [3.8, 4) is 0 Å². The second-order valence-electron chi connectivity index (χ2n) is 4.97. The van der Waals surface area contributed by atoms with Crippen LogP contribution in [0.3, 0.4) is 0 Å². The minimum atomic E-state index is -1.00. The van der Waals surface area contributed by atoms with Crippen LogP contribution in [0.15, 0.2) is 30.4 Å². The zero-order valence-corrected chi connectivity index (χ0v) is 11.1. The Labute approximate surface area is 116 Å².